The van der Waals surface area contributed by atoms with Gasteiger partial charge in [0.05, 0.1) is 17.5 Å². The summed E-state index contributed by atoms with van der Waals surface area (Å²) in [6, 6.07) is 7.68. The molecule has 1 unspecified atom stereocenters. The number of nitrogens with two attached hydrogens (primary N) is 1. The zero-order valence-corrected chi connectivity index (χ0v) is 11.6. The predicted octanol–water partition coefficient (Wildman–Crippen LogP) is 2.34. The fourth-order valence-corrected chi connectivity index (χ4v) is 2.34. The number of hydrogen-bond acceptors (Lipinski definition) is 4. The Morgan fingerprint density at radius 2 is 2.06 bits per heavy atom. The van der Waals surface area contributed by atoms with Gasteiger partial charge in [-0.05, 0) is 39.7 Å². The van der Waals surface area contributed by atoms with E-state index in [0.717, 1.165) is 21.6 Å². The molecular weight excluding hydrogens is 294 g/mol. The Labute approximate surface area is 114 Å². The first-order valence-corrected chi connectivity index (χ1v) is 6.36. The van der Waals surface area contributed by atoms with Crippen molar-refractivity contribution in [2.75, 3.05) is 13.7 Å². The summed E-state index contributed by atoms with van der Waals surface area (Å²) in [7, 11) is 1.64. The monoisotopic (exact) mass is 307 g/mol. The molecular formula is C13H14BrN3O. The second kappa shape index (κ2) is 5.93. The molecule has 0 saturated heterocycles. The van der Waals surface area contributed by atoms with Gasteiger partial charge >= 0.3 is 0 Å². The van der Waals surface area contributed by atoms with Crippen molar-refractivity contribution < 1.29 is 4.74 Å². The topological polar surface area (TPSA) is 61.0 Å². The van der Waals surface area contributed by atoms with E-state index in [1.807, 2.05) is 18.2 Å². The molecule has 0 saturated carbocycles. The molecule has 1 atom stereocenters. The molecule has 2 N–H and O–H groups in total. The van der Waals surface area contributed by atoms with E-state index in [1.54, 1.807) is 25.6 Å². The Bertz CT molecular complexity index is 519. The van der Waals surface area contributed by atoms with Gasteiger partial charge in [-0.15, -0.1) is 0 Å². The van der Waals surface area contributed by atoms with Gasteiger partial charge in [-0.1, -0.05) is 6.07 Å². The summed E-state index contributed by atoms with van der Waals surface area (Å²) in [5.74, 6) is 1.52. The normalized spacial score (nSPS) is 12.2. The Hall–Kier alpha value is -1.46. The lowest BCUT2D eigenvalue weighted by Gasteiger charge is -2.14. The van der Waals surface area contributed by atoms with Crippen LogP contribution in [0, 0.1) is 0 Å². The summed E-state index contributed by atoms with van der Waals surface area (Å²) in [4.78, 5) is 8.52. The SMILES string of the molecule is COc1ccc(C(CN)c2ncccn2)cc1Br. The van der Waals surface area contributed by atoms with Crippen molar-refractivity contribution in [1.82, 2.24) is 9.97 Å². The molecule has 2 rings (SSSR count). The van der Waals surface area contributed by atoms with Gasteiger partial charge in [-0.3, -0.25) is 0 Å². The van der Waals surface area contributed by atoms with Gasteiger partial charge in [-0.25, -0.2) is 9.97 Å². The van der Waals surface area contributed by atoms with E-state index in [-0.39, 0.29) is 5.92 Å². The van der Waals surface area contributed by atoms with Gasteiger partial charge in [0.2, 0.25) is 0 Å². The molecule has 18 heavy (non-hydrogen) atoms. The van der Waals surface area contributed by atoms with Crippen LogP contribution in [0.2, 0.25) is 0 Å². The Morgan fingerprint density at radius 3 is 2.61 bits per heavy atom. The van der Waals surface area contributed by atoms with Gasteiger partial charge in [-0.2, -0.15) is 0 Å². The van der Waals surface area contributed by atoms with Crippen LogP contribution in [-0.4, -0.2) is 23.6 Å². The zero-order chi connectivity index (χ0) is 13.0. The van der Waals surface area contributed by atoms with Crippen LogP contribution in [0.25, 0.3) is 0 Å². The fraction of sp³-hybridized carbons (Fsp3) is 0.231. The van der Waals surface area contributed by atoms with Crippen molar-refractivity contribution in [3.8, 4) is 5.75 Å². The summed E-state index contributed by atoms with van der Waals surface area (Å²) in [5, 5.41) is 0. The van der Waals surface area contributed by atoms with Crippen LogP contribution in [0.1, 0.15) is 17.3 Å². The minimum Gasteiger partial charge on any atom is -0.496 e. The van der Waals surface area contributed by atoms with Crippen molar-refractivity contribution in [2.45, 2.75) is 5.92 Å². The van der Waals surface area contributed by atoms with Gasteiger partial charge in [0, 0.05) is 18.9 Å². The van der Waals surface area contributed by atoms with Crippen LogP contribution in [0.5, 0.6) is 5.75 Å². The number of aromatic nitrogens is 2. The molecule has 94 valence electrons. The summed E-state index contributed by atoms with van der Waals surface area (Å²) in [6.07, 6.45) is 3.45. The van der Waals surface area contributed by atoms with Crippen molar-refractivity contribution in [1.29, 1.82) is 0 Å². The van der Waals surface area contributed by atoms with Crippen molar-refractivity contribution in [3.05, 3.63) is 52.5 Å². The number of rotatable bonds is 4. The minimum absolute atomic E-state index is 0.00611. The number of nitrogens with zero attached hydrogens (tertiary/aromatic N) is 2. The summed E-state index contributed by atoms with van der Waals surface area (Å²) < 4.78 is 6.11. The molecule has 2 aromatic rings. The average Bonchev–Trinajstić information content (AvgIpc) is 2.41. The second-order valence-electron chi connectivity index (χ2n) is 3.79. The van der Waals surface area contributed by atoms with Crippen molar-refractivity contribution in [2.24, 2.45) is 5.73 Å². The maximum atomic E-state index is 5.83. The molecule has 0 fully saturated rings. The number of methoxy groups -OCH3 is 1. The second-order valence-corrected chi connectivity index (χ2v) is 4.64. The largest absolute Gasteiger partial charge is 0.496 e. The van der Waals surface area contributed by atoms with Gasteiger partial charge in [0.1, 0.15) is 11.6 Å². The highest BCUT2D eigenvalue weighted by Crippen LogP contribution is 2.30. The minimum atomic E-state index is -0.00611. The molecule has 0 aliphatic rings. The molecule has 0 spiro atoms. The molecule has 0 radical (unpaired) electrons. The smallest absolute Gasteiger partial charge is 0.136 e. The van der Waals surface area contributed by atoms with Crippen LogP contribution in [-0.2, 0) is 0 Å². The molecule has 0 aliphatic carbocycles. The van der Waals surface area contributed by atoms with Crippen LogP contribution in [0.4, 0.5) is 0 Å². The molecule has 1 aromatic carbocycles. The van der Waals surface area contributed by atoms with Crippen LogP contribution in [0.3, 0.4) is 0 Å². The van der Waals surface area contributed by atoms with E-state index in [0.29, 0.717) is 6.54 Å². The lowest BCUT2D eigenvalue weighted by atomic mass is 9.98. The van der Waals surface area contributed by atoms with E-state index < -0.39 is 0 Å². The predicted molar refractivity (Wildman–Crippen MR) is 73.6 cm³/mol. The number of hydrogen-bond donors (Lipinski definition) is 1. The summed E-state index contributed by atoms with van der Waals surface area (Å²) in [6.45, 7) is 0.461. The van der Waals surface area contributed by atoms with E-state index in [1.165, 1.54) is 0 Å². The number of ether oxygens (including phenoxy) is 1. The molecule has 0 amide bonds. The van der Waals surface area contributed by atoms with E-state index in [2.05, 4.69) is 25.9 Å². The highest BCUT2D eigenvalue weighted by Gasteiger charge is 2.16. The maximum absolute atomic E-state index is 5.83. The standard InChI is InChI=1S/C13H14BrN3O/c1-18-12-4-3-9(7-11(12)14)10(8-15)13-16-5-2-6-17-13/h2-7,10H,8,15H2,1H3. The molecule has 1 heterocycles. The quantitative estimate of drug-likeness (QED) is 0.942. The fourth-order valence-electron chi connectivity index (χ4n) is 1.78. The molecule has 0 aliphatic heterocycles. The molecule has 4 nitrogen and oxygen atoms in total. The lowest BCUT2D eigenvalue weighted by Crippen LogP contribution is -2.16. The third-order valence-electron chi connectivity index (χ3n) is 2.71. The van der Waals surface area contributed by atoms with Crippen LogP contribution < -0.4 is 10.5 Å². The van der Waals surface area contributed by atoms with Gasteiger partial charge in [0.15, 0.2) is 0 Å². The van der Waals surface area contributed by atoms with Crippen molar-refractivity contribution >= 4 is 15.9 Å². The van der Waals surface area contributed by atoms with E-state index in [4.69, 9.17) is 10.5 Å². The zero-order valence-electron chi connectivity index (χ0n) is 10.0. The third kappa shape index (κ3) is 2.68. The van der Waals surface area contributed by atoms with Gasteiger partial charge in [0.25, 0.3) is 0 Å². The Balaban J connectivity index is 2.37. The van der Waals surface area contributed by atoms with Gasteiger partial charge < -0.3 is 10.5 Å². The highest BCUT2D eigenvalue weighted by atomic mass is 79.9. The third-order valence-corrected chi connectivity index (χ3v) is 3.33. The first-order valence-electron chi connectivity index (χ1n) is 5.56. The van der Waals surface area contributed by atoms with Crippen LogP contribution in [0.15, 0.2) is 41.1 Å². The number of benzene rings is 1. The maximum Gasteiger partial charge on any atom is 0.136 e. The lowest BCUT2D eigenvalue weighted by molar-refractivity contribution is 0.412. The van der Waals surface area contributed by atoms with Crippen molar-refractivity contribution in [3.63, 3.8) is 0 Å². The Kier molecular flexibility index (Phi) is 4.28. The van der Waals surface area contributed by atoms with E-state index >= 15 is 0 Å². The summed E-state index contributed by atoms with van der Waals surface area (Å²) in [5.41, 5.74) is 6.90. The molecule has 5 heteroatoms. The van der Waals surface area contributed by atoms with Crippen LogP contribution >= 0.6 is 15.9 Å². The molecule has 1 aromatic heterocycles. The number of halogens is 1. The summed E-state index contributed by atoms with van der Waals surface area (Å²) >= 11 is 3.47. The van der Waals surface area contributed by atoms with E-state index in [9.17, 15) is 0 Å². The first kappa shape index (κ1) is 13.0. The molecule has 0 bridgehead atoms. The Morgan fingerprint density at radius 1 is 1.33 bits per heavy atom. The highest BCUT2D eigenvalue weighted by molar-refractivity contribution is 9.10. The average molecular weight is 308 g/mol. The first-order chi connectivity index (χ1) is 8.76.